The predicted molar refractivity (Wildman–Crippen MR) is 77.9 cm³/mol. The molecule has 0 aliphatic carbocycles. The Morgan fingerprint density at radius 2 is 1.71 bits per heavy atom. The number of nitrogens with zero attached hydrogens (tertiary/aromatic N) is 1. The highest BCUT2D eigenvalue weighted by Gasteiger charge is 2.04. The molecular weight excluding hydrogens is 206 g/mol. The third-order valence-electron chi connectivity index (χ3n) is 3.37. The molecule has 1 heteroatoms. The minimum Gasteiger partial charge on any atom is -0.374 e. The van der Waals surface area contributed by atoms with Crippen molar-refractivity contribution in [2.45, 2.75) is 52.9 Å². The van der Waals surface area contributed by atoms with Gasteiger partial charge in [-0.2, -0.15) is 0 Å². The Hall–Kier alpha value is -0.980. The first-order chi connectivity index (χ1) is 8.15. The fourth-order valence-corrected chi connectivity index (χ4v) is 2.20. The van der Waals surface area contributed by atoms with Crippen LogP contribution in [0.25, 0.3) is 0 Å². The molecule has 0 amide bonds. The van der Waals surface area contributed by atoms with Crippen molar-refractivity contribution in [3.05, 3.63) is 29.3 Å². The number of hydrogen-bond acceptors (Lipinski definition) is 1. The molecule has 17 heavy (non-hydrogen) atoms. The zero-order valence-corrected chi connectivity index (χ0v) is 11.9. The molecule has 0 spiro atoms. The third kappa shape index (κ3) is 4.80. The summed E-state index contributed by atoms with van der Waals surface area (Å²) in [6.07, 6.45) is 6.77. The van der Waals surface area contributed by atoms with Gasteiger partial charge in [-0.25, -0.2) is 0 Å². The zero-order chi connectivity index (χ0) is 12.7. The van der Waals surface area contributed by atoms with E-state index in [1.165, 1.54) is 55.5 Å². The first-order valence-electron chi connectivity index (χ1n) is 6.93. The molecule has 0 radical (unpaired) electrons. The molecule has 0 saturated carbocycles. The van der Waals surface area contributed by atoms with E-state index in [2.05, 4.69) is 50.9 Å². The lowest BCUT2D eigenvalue weighted by Crippen LogP contribution is -2.19. The summed E-state index contributed by atoms with van der Waals surface area (Å²) in [5.74, 6) is 0. The van der Waals surface area contributed by atoms with Crippen molar-refractivity contribution < 1.29 is 0 Å². The Morgan fingerprint density at radius 1 is 1.00 bits per heavy atom. The highest BCUT2D eigenvalue weighted by atomic mass is 15.1. The van der Waals surface area contributed by atoms with E-state index >= 15 is 0 Å². The van der Waals surface area contributed by atoms with E-state index in [0.29, 0.717) is 0 Å². The molecule has 0 aliphatic rings. The lowest BCUT2D eigenvalue weighted by molar-refractivity contribution is 0.629. The van der Waals surface area contributed by atoms with Gasteiger partial charge in [-0.15, -0.1) is 0 Å². The minimum atomic E-state index is 1.17. The van der Waals surface area contributed by atoms with Gasteiger partial charge in [0.15, 0.2) is 0 Å². The average molecular weight is 233 g/mol. The highest BCUT2D eigenvalue weighted by molar-refractivity contribution is 5.54. The van der Waals surface area contributed by atoms with E-state index in [1.807, 2.05) is 0 Å². The molecular formula is C16H27N. The van der Waals surface area contributed by atoms with Crippen LogP contribution >= 0.6 is 0 Å². The van der Waals surface area contributed by atoms with Gasteiger partial charge in [0.1, 0.15) is 0 Å². The quantitative estimate of drug-likeness (QED) is 0.616. The lowest BCUT2D eigenvalue weighted by atomic mass is 10.1. The Kier molecular flexibility index (Phi) is 6.10. The van der Waals surface area contributed by atoms with Gasteiger partial charge in [-0.05, 0) is 37.5 Å². The Morgan fingerprint density at radius 3 is 2.41 bits per heavy atom. The van der Waals surface area contributed by atoms with Gasteiger partial charge in [0, 0.05) is 19.3 Å². The van der Waals surface area contributed by atoms with Crippen LogP contribution in [0.3, 0.4) is 0 Å². The van der Waals surface area contributed by atoms with Crippen LogP contribution in [0, 0.1) is 13.8 Å². The number of hydrogen-bond donors (Lipinski definition) is 0. The molecule has 1 aromatic carbocycles. The standard InChI is InChI=1S/C16H27N/c1-5-6-7-8-9-12-17(4)16-13-14(2)10-11-15(16)3/h10-11,13H,5-9,12H2,1-4H3. The second-order valence-corrected chi connectivity index (χ2v) is 5.13. The summed E-state index contributed by atoms with van der Waals surface area (Å²) >= 11 is 0. The minimum absolute atomic E-state index is 1.17. The predicted octanol–water partition coefficient (Wildman–Crippen LogP) is 4.71. The number of anilines is 1. The third-order valence-corrected chi connectivity index (χ3v) is 3.37. The Bertz CT molecular complexity index is 330. The van der Waals surface area contributed by atoms with E-state index in [-0.39, 0.29) is 0 Å². The summed E-state index contributed by atoms with van der Waals surface area (Å²) in [6, 6.07) is 6.70. The number of benzene rings is 1. The van der Waals surface area contributed by atoms with Crippen molar-refractivity contribution in [3.63, 3.8) is 0 Å². The van der Waals surface area contributed by atoms with E-state index in [9.17, 15) is 0 Å². The van der Waals surface area contributed by atoms with Gasteiger partial charge in [-0.3, -0.25) is 0 Å². The first-order valence-corrected chi connectivity index (χ1v) is 6.93. The molecule has 0 bridgehead atoms. The van der Waals surface area contributed by atoms with Gasteiger partial charge < -0.3 is 4.90 Å². The van der Waals surface area contributed by atoms with Crippen molar-refractivity contribution in [2.75, 3.05) is 18.5 Å². The summed E-state index contributed by atoms with van der Waals surface area (Å²) in [5.41, 5.74) is 4.12. The van der Waals surface area contributed by atoms with Crippen LogP contribution in [0.15, 0.2) is 18.2 Å². The normalized spacial score (nSPS) is 10.6. The smallest absolute Gasteiger partial charge is 0.0395 e. The van der Waals surface area contributed by atoms with E-state index < -0.39 is 0 Å². The van der Waals surface area contributed by atoms with Crippen molar-refractivity contribution in [1.29, 1.82) is 0 Å². The second-order valence-electron chi connectivity index (χ2n) is 5.13. The molecule has 0 aromatic heterocycles. The van der Waals surface area contributed by atoms with Gasteiger partial charge in [0.2, 0.25) is 0 Å². The maximum atomic E-state index is 2.40. The molecule has 0 N–H and O–H groups in total. The maximum absolute atomic E-state index is 2.40. The van der Waals surface area contributed by atoms with Crippen LogP contribution in [0.4, 0.5) is 5.69 Å². The molecule has 0 fully saturated rings. The van der Waals surface area contributed by atoms with Crippen molar-refractivity contribution in [2.24, 2.45) is 0 Å². The fourth-order valence-electron chi connectivity index (χ4n) is 2.20. The summed E-state index contributed by atoms with van der Waals surface area (Å²) in [4.78, 5) is 2.40. The van der Waals surface area contributed by atoms with Gasteiger partial charge >= 0.3 is 0 Å². The van der Waals surface area contributed by atoms with Gasteiger partial charge in [0.25, 0.3) is 0 Å². The molecule has 0 heterocycles. The molecule has 0 saturated heterocycles. The SMILES string of the molecule is CCCCCCCN(C)c1cc(C)ccc1C. The van der Waals surface area contributed by atoms with Crippen LogP contribution in [0.1, 0.15) is 50.2 Å². The van der Waals surface area contributed by atoms with Crippen molar-refractivity contribution in [1.82, 2.24) is 0 Å². The largest absolute Gasteiger partial charge is 0.374 e. The fraction of sp³-hybridized carbons (Fsp3) is 0.625. The molecule has 0 atom stereocenters. The molecule has 96 valence electrons. The number of aryl methyl sites for hydroxylation is 2. The van der Waals surface area contributed by atoms with Crippen LogP contribution in [-0.4, -0.2) is 13.6 Å². The summed E-state index contributed by atoms with van der Waals surface area (Å²) in [5, 5.41) is 0. The number of unbranched alkanes of at least 4 members (excludes halogenated alkanes) is 4. The molecule has 0 aliphatic heterocycles. The summed E-state index contributed by atoms with van der Waals surface area (Å²) in [6.45, 7) is 7.80. The van der Waals surface area contributed by atoms with E-state index in [1.54, 1.807) is 0 Å². The Balaban J connectivity index is 2.41. The van der Waals surface area contributed by atoms with Crippen LogP contribution in [0.2, 0.25) is 0 Å². The van der Waals surface area contributed by atoms with Crippen molar-refractivity contribution >= 4 is 5.69 Å². The van der Waals surface area contributed by atoms with E-state index in [4.69, 9.17) is 0 Å². The average Bonchev–Trinajstić information content (AvgIpc) is 2.32. The Labute approximate surface area is 107 Å². The monoisotopic (exact) mass is 233 g/mol. The van der Waals surface area contributed by atoms with Gasteiger partial charge in [-0.1, -0.05) is 44.7 Å². The highest BCUT2D eigenvalue weighted by Crippen LogP contribution is 2.20. The van der Waals surface area contributed by atoms with Crippen LogP contribution in [-0.2, 0) is 0 Å². The second kappa shape index (κ2) is 7.37. The van der Waals surface area contributed by atoms with Gasteiger partial charge in [0.05, 0.1) is 0 Å². The van der Waals surface area contributed by atoms with E-state index in [0.717, 1.165) is 0 Å². The van der Waals surface area contributed by atoms with Crippen LogP contribution < -0.4 is 4.90 Å². The lowest BCUT2D eigenvalue weighted by Gasteiger charge is -2.22. The summed E-state index contributed by atoms with van der Waals surface area (Å²) < 4.78 is 0. The maximum Gasteiger partial charge on any atom is 0.0395 e. The zero-order valence-electron chi connectivity index (χ0n) is 11.9. The number of rotatable bonds is 7. The topological polar surface area (TPSA) is 3.24 Å². The molecule has 1 aromatic rings. The molecule has 0 unspecified atom stereocenters. The van der Waals surface area contributed by atoms with Crippen LogP contribution in [0.5, 0.6) is 0 Å². The molecule has 1 rings (SSSR count). The first kappa shape index (κ1) is 14.1. The summed E-state index contributed by atoms with van der Waals surface area (Å²) in [7, 11) is 2.21. The molecule has 1 nitrogen and oxygen atoms in total. The van der Waals surface area contributed by atoms with Crippen molar-refractivity contribution in [3.8, 4) is 0 Å².